The molecule has 0 saturated heterocycles. The van der Waals surface area contributed by atoms with E-state index in [2.05, 4.69) is 43.4 Å². The van der Waals surface area contributed by atoms with Crippen molar-refractivity contribution in [3.63, 3.8) is 0 Å². The topological polar surface area (TPSA) is 34.1 Å². The standard InChI is InChI=1S/C13H24N2OS/c1-10(8-16-5)6-14-7-12-15-11(9-17-12)13(2,3)4/h9-10,14H,6-8H2,1-5H3. The molecule has 1 aromatic heterocycles. The molecule has 3 nitrogen and oxygen atoms in total. The van der Waals surface area contributed by atoms with E-state index in [-0.39, 0.29) is 5.41 Å². The number of rotatable bonds is 6. The van der Waals surface area contributed by atoms with Crippen LogP contribution in [0.5, 0.6) is 0 Å². The fourth-order valence-corrected chi connectivity index (χ4v) is 2.50. The SMILES string of the molecule is COCC(C)CNCc1nc(C(C)(C)C)cs1. The van der Waals surface area contributed by atoms with Crippen molar-refractivity contribution in [2.24, 2.45) is 5.92 Å². The van der Waals surface area contributed by atoms with E-state index in [1.807, 2.05) is 0 Å². The fraction of sp³-hybridized carbons (Fsp3) is 0.769. The smallest absolute Gasteiger partial charge is 0.107 e. The molecule has 1 N–H and O–H groups in total. The summed E-state index contributed by atoms with van der Waals surface area (Å²) in [6, 6.07) is 0. The Labute approximate surface area is 109 Å². The third kappa shape index (κ3) is 5.15. The average Bonchev–Trinajstić information content (AvgIpc) is 2.66. The highest BCUT2D eigenvalue weighted by molar-refractivity contribution is 7.09. The van der Waals surface area contributed by atoms with E-state index < -0.39 is 0 Å². The molecule has 1 unspecified atom stereocenters. The summed E-state index contributed by atoms with van der Waals surface area (Å²) in [6.45, 7) is 11.4. The quantitative estimate of drug-likeness (QED) is 0.850. The monoisotopic (exact) mass is 256 g/mol. The van der Waals surface area contributed by atoms with E-state index >= 15 is 0 Å². The van der Waals surface area contributed by atoms with Gasteiger partial charge in [-0.3, -0.25) is 0 Å². The van der Waals surface area contributed by atoms with Gasteiger partial charge in [0.1, 0.15) is 5.01 Å². The van der Waals surface area contributed by atoms with Crippen LogP contribution in [0.25, 0.3) is 0 Å². The van der Waals surface area contributed by atoms with Crippen molar-refractivity contribution in [1.82, 2.24) is 10.3 Å². The van der Waals surface area contributed by atoms with Crippen molar-refractivity contribution in [1.29, 1.82) is 0 Å². The highest BCUT2D eigenvalue weighted by Gasteiger charge is 2.17. The summed E-state index contributed by atoms with van der Waals surface area (Å²) in [5.74, 6) is 0.544. The summed E-state index contributed by atoms with van der Waals surface area (Å²) in [5, 5.41) is 6.75. The molecule has 0 radical (unpaired) electrons. The zero-order valence-electron chi connectivity index (χ0n) is 11.5. The van der Waals surface area contributed by atoms with Crippen LogP contribution >= 0.6 is 11.3 Å². The molecule has 17 heavy (non-hydrogen) atoms. The second-order valence-corrected chi connectivity index (χ2v) is 6.51. The van der Waals surface area contributed by atoms with Crippen LogP contribution in [0.15, 0.2) is 5.38 Å². The van der Waals surface area contributed by atoms with Crippen molar-refractivity contribution in [3.05, 3.63) is 16.1 Å². The average molecular weight is 256 g/mol. The molecule has 4 heteroatoms. The highest BCUT2D eigenvalue weighted by Crippen LogP contribution is 2.23. The molecule has 0 fully saturated rings. The molecule has 0 amide bonds. The maximum absolute atomic E-state index is 5.10. The predicted octanol–water partition coefficient (Wildman–Crippen LogP) is 2.81. The van der Waals surface area contributed by atoms with E-state index in [1.165, 1.54) is 10.7 Å². The van der Waals surface area contributed by atoms with Crippen LogP contribution in [-0.2, 0) is 16.7 Å². The lowest BCUT2D eigenvalue weighted by Crippen LogP contribution is -2.23. The number of aromatic nitrogens is 1. The summed E-state index contributed by atoms with van der Waals surface area (Å²) in [6.07, 6.45) is 0. The van der Waals surface area contributed by atoms with Crippen LogP contribution in [-0.4, -0.2) is 25.2 Å². The molecule has 1 atom stereocenters. The molecule has 1 heterocycles. The van der Waals surface area contributed by atoms with Crippen molar-refractivity contribution < 1.29 is 4.74 Å². The molecule has 0 bridgehead atoms. The number of methoxy groups -OCH3 is 1. The lowest BCUT2D eigenvalue weighted by molar-refractivity contribution is 0.158. The zero-order chi connectivity index (χ0) is 12.9. The number of nitrogens with one attached hydrogen (secondary N) is 1. The minimum absolute atomic E-state index is 0.151. The Bertz CT molecular complexity index is 330. The number of hydrogen-bond acceptors (Lipinski definition) is 4. The van der Waals surface area contributed by atoms with Gasteiger partial charge in [-0.15, -0.1) is 11.3 Å². The van der Waals surface area contributed by atoms with Crippen molar-refractivity contribution in [3.8, 4) is 0 Å². The van der Waals surface area contributed by atoms with Gasteiger partial charge in [-0.25, -0.2) is 4.98 Å². The summed E-state index contributed by atoms with van der Waals surface area (Å²) >= 11 is 1.74. The molecule has 0 spiro atoms. The molecule has 0 saturated carbocycles. The van der Waals surface area contributed by atoms with Gasteiger partial charge in [0.05, 0.1) is 5.69 Å². The van der Waals surface area contributed by atoms with Gasteiger partial charge in [-0.2, -0.15) is 0 Å². The molecule has 0 aliphatic heterocycles. The number of nitrogens with zero attached hydrogens (tertiary/aromatic N) is 1. The van der Waals surface area contributed by atoms with Gasteiger partial charge in [0.2, 0.25) is 0 Å². The Kier molecular flexibility index (Phi) is 5.56. The van der Waals surface area contributed by atoms with Crippen LogP contribution in [0.4, 0.5) is 0 Å². The van der Waals surface area contributed by atoms with Gasteiger partial charge in [0.25, 0.3) is 0 Å². The van der Waals surface area contributed by atoms with E-state index in [1.54, 1.807) is 18.4 Å². The lowest BCUT2D eigenvalue weighted by atomic mass is 9.93. The molecule has 1 aromatic rings. The molecule has 0 aliphatic carbocycles. The maximum atomic E-state index is 5.10. The molecular formula is C13H24N2OS. The largest absolute Gasteiger partial charge is 0.384 e. The van der Waals surface area contributed by atoms with E-state index in [9.17, 15) is 0 Å². The normalized spacial score (nSPS) is 13.9. The molecule has 98 valence electrons. The Balaban J connectivity index is 2.35. The zero-order valence-corrected chi connectivity index (χ0v) is 12.4. The maximum Gasteiger partial charge on any atom is 0.107 e. The van der Waals surface area contributed by atoms with Gasteiger partial charge in [-0.05, 0) is 5.92 Å². The third-order valence-electron chi connectivity index (χ3n) is 2.54. The Morgan fingerprint density at radius 3 is 2.71 bits per heavy atom. The van der Waals surface area contributed by atoms with Gasteiger partial charge >= 0.3 is 0 Å². The number of hydrogen-bond donors (Lipinski definition) is 1. The predicted molar refractivity (Wildman–Crippen MR) is 73.6 cm³/mol. The van der Waals surface area contributed by atoms with Gasteiger partial charge in [0, 0.05) is 37.6 Å². The third-order valence-corrected chi connectivity index (χ3v) is 3.39. The summed E-state index contributed by atoms with van der Waals surface area (Å²) in [5.41, 5.74) is 1.34. The van der Waals surface area contributed by atoms with Gasteiger partial charge in [0.15, 0.2) is 0 Å². The first kappa shape index (κ1) is 14.6. The summed E-state index contributed by atoms with van der Waals surface area (Å²) < 4.78 is 5.10. The van der Waals surface area contributed by atoms with Crippen molar-refractivity contribution in [2.45, 2.75) is 39.7 Å². The lowest BCUT2D eigenvalue weighted by Gasteiger charge is -2.14. The summed E-state index contributed by atoms with van der Waals surface area (Å²) in [4.78, 5) is 4.65. The van der Waals surface area contributed by atoms with Crippen LogP contribution in [0, 0.1) is 5.92 Å². The molecular weight excluding hydrogens is 232 g/mol. The second-order valence-electron chi connectivity index (χ2n) is 5.57. The molecule has 0 aromatic carbocycles. The van der Waals surface area contributed by atoms with Crippen molar-refractivity contribution >= 4 is 11.3 Å². The Morgan fingerprint density at radius 2 is 2.18 bits per heavy atom. The van der Waals surface area contributed by atoms with Crippen LogP contribution in [0.2, 0.25) is 0 Å². The Hall–Kier alpha value is -0.450. The second kappa shape index (κ2) is 6.47. The van der Waals surface area contributed by atoms with Crippen LogP contribution in [0.3, 0.4) is 0 Å². The minimum Gasteiger partial charge on any atom is -0.384 e. The van der Waals surface area contributed by atoms with Gasteiger partial charge in [-0.1, -0.05) is 27.7 Å². The molecule has 1 rings (SSSR count). The first-order valence-corrected chi connectivity index (χ1v) is 6.96. The Morgan fingerprint density at radius 1 is 1.47 bits per heavy atom. The summed E-state index contributed by atoms with van der Waals surface area (Å²) in [7, 11) is 1.74. The van der Waals surface area contributed by atoms with E-state index in [0.29, 0.717) is 5.92 Å². The number of ether oxygens (including phenoxy) is 1. The first-order chi connectivity index (χ1) is 7.93. The van der Waals surface area contributed by atoms with E-state index in [4.69, 9.17) is 4.74 Å². The van der Waals surface area contributed by atoms with Crippen LogP contribution < -0.4 is 5.32 Å². The van der Waals surface area contributed by atoms with Crippen molar-refractivity contribution in [2.75, 3.05) is 20.3 Å². The van der Waals surface area contributed by atoms with E-state index in [0.717, 1.165) is 19.7 Å². The number of thiazole rings is 1. The fourth-order valence-electron chi connectivity index (χ4n) is 1.51. The van der Waals surface area contributed by atoms with Crippen LogP contribution in [0.1, 0.15) is 38.4 Å². The molecule has 0 aliphatic rings. The first-order valence-electron chi connectivity index (χ1n) is 6.08. The highest BCUT2D eigenvalue weighted by atomic mass is 32.1. The minimum atomic E-state index is 0.151. The van der Waals surface area contributed by atoms with Gasteiger partial charge < -0.3 is 10.1 Å².